The van der Waals surface area contributed by atoms with Gasteiger partial charge in [0.15, 0.2) is 0 Å². The lowest BCUT2D eigenvalue weighted by molar-refractivity contribution is 0.187. The van der Waals surface area contributed by atoms with Crippen molar-refractivity contribution in [3.63, 3.8) is 0 Å². The number of rotatable bonds is 3. The fraction of sp³-hybridized carbons (Fsp3) is 0.455. The Labute approximate surface area is 78.9 Å². The molecular weight excluding hydrogens is 162 g/mol. The molecule has 0 spiro atoms. The number of benzene rings is 1. The quantitative estimate of drug-likeness (QED) is 0.763. The molecule has 0 saturated carbocycles. The average molecular weight is 177 g/mol. The summed E-state index contributed by atoms with van der Waals surface area (Å²) in [7, 11) is 0. The predicted octanol–water partition coefficient (Wildman–Crippen LogP) is 2.13. The Bertz CT molecular complexity index is 242. The minimum absolute atomic E-state index is 0.695. The van der Waals surface area contributed by atoms with Crippen LogP contribution in [-0.2, 0) is 4.74 Å². The third-order valence-electron chi connectivity index (χ3n) is 2.39. The van der Waals surface area contributed by atoms with Gasteiger partial charge in [-0.15, -0.1) is 0 Å². The number of ether oxygens (including phenoxy) is 1. The fourth-order valence-corrected chi connectivity index (χ4v) is 1.56. The normalized spacial score (nSPS) is 21.7. The van der Waals surface area contributed by atoms with Gasteiger partial charge in [0, 0.05) is 24.8 Å². The molecule has 13 heavy (non-hydrogen) atoms. The Balaban J connectivity index is 1.79. The molecule has 1 aliphatic heterocycles. The SMILES string of the molecule is c1ccc(NC[C@@H]2CCOC2)cc1. The van der Waals surface area contributed by atoms with Crippen LogP contribution in [0.1, 0.15) is 6.42 Å². The van der Waals surface area contributed by atoms with Crippen molar-refractivity contribution >= 4 is 5.69 Å². The van der Waals surface area contributed by atoms with Gasteiger partial charge in [0.25, 0.3) is 0 Å². The number of para-hydroxylation sites is 1. The zero-order valence-corrected chi connectivity index (χ0v) is 7.70. The van der Waals surface area contributed by atoms with Crippen molar-refractivity contribution in [3.8, 4) is 0 Å². The van der Waals surface area contributed by atoms with Gasteiger partial charge in [0.1, 0.15) is 0 Å². The second-order valence-electron chi connectivity index (χ2n) is 3.48. The van der Waals surface area contributed by atoms with E-state index in [9.17, 15) is 0 Å². The van der Waals surface area contributed by atoms with Crippen molar-refractivity contribution in [1.29, 1.82) is 0 Å². The number of hydrogen-bond donors (Lipinski definition) is 1. The van der Waals surface area contributed by atoms with Crippen LogP contribution in [-0.4, -0.2) is 19.8 Å². The van der Waals surface area contributed by atoms with Crippen LogP contribution in [0.4, 0.5) is 5.69 Å². The molecule has 1 atom stereocenters. The van der Waals surface area contributed by atoms with Gasteiger partial charge >= 0.3 is 0 Å². The third kappa shape index (κ3) is 2.46. The van der Waals surface area contributed by atoms with E-state index in [0.717, 1.165) is 19.8 Å². The lowest BCUT2D eigenvalue weighted by Crippen LogP contribution is -2.13. The van der Waals surface area contributed by atoms with Crippen molar-refractivity contribution in [3.05, 3.63) is 30.3 Å². The molecule has 1 aliphatic rings. The molecule has 1 fully saturated rings. The third-order valence-corrected chi connectivity index (χ3v) is 2.39. The Hall–Kier alpha value is -1.02. The van der Waals surface area contributed by atoms with E-state index < -0.39 is 0 Å². The van der Waals surface area contributed by atoms with Crippen LogP contribution >= 0.6 is 0 Å². The van der Waals surface area contributed by atoms with Gasteiger partial charge in [-0.05, 0) is 18.6 Å². The zero-order chi connectivity index (χ0) is 8.93. The minimum Gasteiger partial charge on any atom is -0.385 e. The van der Waals surface area contributed by atoms with Crippen LogP contribution in [0.2, 0.25) is 0 Å². The molecule has 1 aromatic rings. The molecule has 0 aliphatic carbocycles. The summed E-state index contributed by atoms with van der Waals surface area (Å²) in [6, 6.07) is 10.3. The highest BCUT2D eigenvalue weighted by atomic mass is 16.5. The first kappa shape index (κ1) is 8.57. The van der Waals surface area contributed by atoms with E-state index >= 15 is 0 Å². The summed E-state index contributed by atoms with van der Waals surface area (Å²) in [5.74, 6) is 0.695. The Kier molecular flexibility index (Phi) is 2.82. The first-order chi connectivity index (χ1) is 6.45. The first-order valence-corrected chi connectivity index (χ1v) is 4.82. The van der Waals surface area contributed by atoms with Gasteiger partial charge < -0.3 is 10.1 Å². The molecule has 2 heteroatoms. The van der Waals surface area contributed by atoms with Gasteiger partial charge in [0.05, 0.1) is 6.61 Å². The summed E-state index contributed by atoms with van der Waals surface area (Å²) in [6.07, 6.45) is 1.19. The molecule has 1 aromatic carbocycles. The van der Waals surface area contributed by atoms with E-state index in [4.69, 9.17) is 4.74 Å². The molecular formula is C11H15NO. The van der Waals surface area contributed by atoms with E-state index in [-0.39, 0.29) is 0 Å². The van der Waals surface area contributed by atoms with E-state index in [1.165, 1.54) is 12.1 Å². The first-order valence-electron chi connectivity index (χ1n) is 4.82. The molecule has 1 heterocycles. The van der Waals surface area contributed by atoms with Gasteiger partial charge in [-0.3, -0.25) is 0 Å². The Morgan fingerprint density at radius 1 is 1.31 bits per heavy atom. The zero-order valence-electron chi connectivity index (χ0n) is 7.70. The Morgan fingerprint density at radius 3 is 2.85 bits per heavy atom. The lowest BCUT2D eigenvalue weighted by Gasteiger charge is -2.09. The van der Waals surface area contributed by atoms with Crippen molar-refractivity contribution in [2.75, 3.05) is 25.1 Å². The van der Waals surface area contributed by atoms with E-state index in [1.807, 2.05) is 18.2 Å². The van der Waals surface area contributed by atoms with E-state index in [1.54, 1.807) is 0 Å². The predicted molar refractivity (Wildman–Crippen MR) is 53.9 cm³/mol. The monoisotopic (exact) mass is 177 g/mol. The second-order valence-corrected chi connectivity index (χ2v) is 3.48. The second kappa shape index (κ2) is 4.28. The summed E-state index contributed by atoms with van der Waals surface area (Å²) in [6.45, 7) is 2.88. The summed E-state index contributed by atoms with van der Waals surface area (Å²) in [5.41, 5.74) is 1.20. The van der Waals surface area contributed by atoms with Crippen LogP contribution in [0, 0.1) is 5.92 Å². The van der Waals surface area contributed by atoms with E-state index in [2.05, 4.69) is 17.4 Å². The minimum atomic E-state index is 0.695. The topological polar surface area (TPSA) is 21.3 Å². The van der Waals surface area contributed by atoms with Crippen LogP contribution in [0.25, 0.3) is 0 Å². The van der Waals surface area contributed by atoms with Gasteiger partial charge in [-0.2, -0.15) is 0 Å². The molecule has 0 bridgehead atoms. The van der Waals surface area contributed by atoms with Crippen LogP contribution in [0.3, 0.4) is 0 Å². The van der Waals surface area contributed by atoms with Gasteiger partial charge in [0.2, 0.25) is 0 Å². The highest BCUT2D eigenvalue weighted by Crippen LogP contribution is 2.13. The average Bonchev–Trinajstić information content (AvgIpc) is 2.69. The number of hydrogen-bond acceptors (Lipinski definition) is 2. The van der Waals surface area contributed by atoms with Crippen LogP contribution in [0.15, 0.2) is 30.3 Å². The van der Waals surface area contributed by atoms with Crippen molar-refractivity contribution in [2.24, 2.45) is 5.92 Å². The molecule has 1 saturated heterocycles. The molecule has 2 nitrogen and oxygen atoms in total. The van der Waals surface area contributed by atoms with Crippen LogP contribution in [0.5, 0.6) is 0 Å². The summed E-state index contributed by atoms with van der Waals surface area (Å²) < 4.78 is 5.31. The van der Waals surface area contributed by atoms with Gasteiger partial charge in [-0.1, -0.05) is 18.2 Å². The Morgan fingerprint density at radius 2 is 2.15 bits per heavy atom. The highest BCUT2D eigenvalue weighted by Gasteiger charge is 2.14. The maximum Gasteiger partial charge on any atom is 0.0511 e. The molecule has 0 amide bonds. The number of nitrogens with one attached hydrogen (secondary N) is 1. The van der Waals surface area contributed by atoms with Crippen molar-refractivity contribution in [1.82, 2.24) is 0 Å². The number of anilines is 1. The molecule has 0 unspecified atom stereocenters. The molecule has 2 rings (SSSR count). The maximum atomic E-state index is 5.31. The molecule has 70 valence electrons. The molecule has 0 aromatic heterocycles. The fourth-order valence-electron chi connectivity index (χ4n) is 1.56. The van der Waals surface area contributed by atoms with E-state index in [0.29, 0.717) is 5.92 Å². The molecule has 1 N–H and O–H groups in total. The summed E-state index contributed by atoms with van der Waals surface area (Å²) in [5, 5.41) is 3.41. The maximum absolute atomic E-state index is 5.31. The van der Waals surface area contributed by atoms with Crippen molar-refractivity contribution in [2.45, 2.75) is 6.42 Å². The molecule has 0 radical (unpaired) electrons. The smallest absolute Gasteiger partial charge is 0.0511 e. The summed E-state index contributed by atoms with van der Waals surface area (Å²) >= 11 is 0. The van der Waals surface area contributed by atoms with Crippen molar-refractivity contribution < 1.29 is 4.74 Å². The largest absolute Gasteiger partial charge is 0.385 e. The summed E-state index contributed by atoms with van der Waals surface area (Å²) in [4.78, 5) is 0. The standard InChI is InChI=1S/C11H15NO/c1-2-4-11(5-3-1)12-8-10-6-7-13-9-10/h1-5,10,12H,6-9H2/t10-/m0/s1. The lowest BCUT2D eigenvalue weighted by atomic mass is 10.1. The van der Waals surface area contributed by atoms with Gasteiger partial charge in [-0.25, -0.2) is 0 Å². The highest BCUT2D eigenvalue weighted by molar-refractivity contribution is 5.42. The van der Waals surface area contributed by atoms with Crippen LogP contribution < -0.4 is 5.32 Å².